The van der Waals surface area contributed by atoms with Crippen LogP contribution in [0.1, 0.15) is 31.7 Å². The van der Waals surface area contributed by atoms with Crippen molar-refractivity contribution in [3.05, 3.63) is 60.2 Å². The van der Waals surface area contributed by atoms with Gasteiger partial charge in [0.15, 0.2) is 0 Å². The maximum Gasteiger partial charge on any atom is 0.227 e. The average Bonchev–Trinajstić information content (AvgIpc) is 2.61. The third kappa shape index (κ3) is 5.13. The summed E-state index contributed by atoms with van der Waals surface area (Å²) in [5.41, 5.74) is 2.14. The number of hydrogen-bond donors (Lipinski definition) is 0. The monoisotopic (exact) mass is 311 g/mol. The summed E-state index contributed by atoms with van der Waals surface area (Å²) in [6, 6.07) is 17.8. The Hall–Kier alpha value is -2.29. The molecule has 0 bridgehead atoms. The molecule has 23 heavy (non-hydrogen) atoms. The average molecular weight is 311 g/mol. The van der Waals surface area contributed by atoms with Crippen molar-refractivity contribution in [2.24, 2.45) is 0 Å². The summed E-state index contributed by atoms with van der Waals surface area (Å²) in [5.74, 6) is 1.02. The molecule has 2 rings (SSSR count). The summed E-state index contributed by atoms with van der Waals surface area (Å²) in [5, 5.41) is 0. The molecule has 122 valence electrons. The van der Waals surface area contributed by atoms with Crippen LogP contribution < -0.4 is 9.64 Å². The zero-order valence-corrected chi connectivity index (χ0v) is 14.0. The molecule has 3 nitrogen and oxygen atoms in total. The fraction of sp³-hybridized carbons (Fsp3) is 0.350. The summed E-state index contributed by atoms with van der Waals surface area (Å²) in [6.45, 7) is 2.92. The normalized spacial score (nSPS) is 10.3. The van der Waals surface area contributed by atoms with Gasteiger partial charge in [0, 0.05) is 18.7 Å². The molecule has 0 atom stereocenters. The third-order valence-electron chi connectivity index (χ3n) is 3.89. The van der Waals surface area contributed by atoms with Crippen LogP contribution in [0.2, 0.25) is 0 Å². The quantitative estimate of drug-likeness (QED) is 0.720. The number of para-hydroxylation sites is 1. The van der Waals surface area contributed by atoms with Crippen molar-refractivity contribution < 1.29 is 9.53 Å². The lowest BCUT2D eigenvalue weighted by molar-refractivity contribution is -0.118. The van der Waals surface area contributed by atoms with Crippen molar-refractivity contribution in [3.8, 4) is 5.75 Å². The van der Waals surface area contributed by atoms with E-state index in [2.05, 4.69) is 6.92 Å². The number of rotatable bonds is 8. The van der Waals surface area contributed by atoms with E-state index < -0.39 is 0 Å². The van der Waals surface area contributed by atoms with Crippen LogP contribution in [0.3, 0.4) is 0 Å². The minimum Gasteiger partial charge on any atom is -0.497 e. The molecule has 0 heterocycles. The minimum atomic E-state index is 0.181. The minimum absolute atomic E-state index is 0.181. The second-order valence-corrected chi connectivity index (χ2v) is 5.58. The topological polar surface area (TPSA) is 29.5 Å². The first-order valence-corrected chi connectivity index (χ1v) is 8.23. The number of carbonyl (C=O) groups excluding carboxylic acids is 1. The molecule has 0 N–H and O–H groups in total. The van der Waals surface area contributed by atoms with Crippen LogP contribution in [0.25, 0.3) is 0 Å². The Balaban J connectivity index is 1.99. The van der Waals surface area contributed by atoms with Gasteiger partial charge in [-0.2, -0.15) is 0 Å². The molecule has 0 unspecified atom stereocenters. The molecule has 1 amide bonds. The number of anilines is 1. The van der Waals surface area contributed by atoms with E-state index in [4.69, 9.17) is 4.74 Å². The van der Waals surface area contributed by atoms with Crippen molar-refractivity contribution in [3.63, 3.8) is 0 Å². The van der Waals surface area contributed by atoms with Gasteiger partial charge < -0.3 is 9.64 Å². The second-order valence-electron chi connectivity index (χ2n) is 5.58. The Kier molecular flexibility index (Phi) is 6.67. The highest BCUT2D eigenvalue weighted by atomic mass is 16.5. The molecule has 0 aromatic heterocycles. The van der Waals surface area contributed by atoms with Crippen LogP contribution in [0.4, 0.5) is 5.69 Å². The molecule has 2 aromatic rings. The SMILES string of the molecule is CCCCN(C(=O)CCc1ccc(OC)cc1)c1ccccc1. The predicted molar refractivity (Wildman–Crippen MR) is 95.0 cm³/mol. The molecule has 0 spiro atoms. The number of amides is 1. The van der Waals surface area contributed by atoms with Gasteiger partial charge in [0.25, 0.3) is 0 Å². The Labute approximate surface area is 138 Å². The molecule has 0 aliphatic heterocycles. The summed E-state index contributed by atoms with van der Waals surface area (Å²) < 4.78 is 5.16. The first-order valence-electron chi connectivity index (χ1n) is 8.23. The van der Waals surface area contributed by atoms with Gasteiger partial charge in [-0.3, -0.25) is 4.79 Å². The highest BCUT2D eigenvalue weighted by Crippen LogP contribution is 2.17. The van der Waals surface area contributed by atoms with E-state index in [1.165, 1.54) is 0 Å². The van der Waals surface area contributed by atoms with Crippen molar-refractivity contribution in [2.75, 3.05) is 18.6 Å². The number of aryl methyl sites for hydroxylation is 1. The summed E-state index contributed by atoms with van der Waals surface area (Å²) in [7, 11) is 1.66. The Morgan fingerprint density at radius 1 is 1.04 bits per heavy atom. The van der Waals surface area contributed by atoms with Crippen molar-refractivity contribution >= 4 is 11.6 Å². The van der Waals surface area contributed by atoms with E-state index in [1.54, 1.807) is 7.11 Å². The van der Waals surface area contributed by atoms with E-state index in [1.807, 2.05) is 59.5 Å². The Morgan fingerprint density at radius 3 is 2.35 bits per heavy atom. The number of methoxy groups -OCH3 is 1. The third-order valence-corrected chi connectivity index (χ3v) is 3.89. The molecule has 0 saturated heterocycles. The Bertz CT molecular complexity index is 593. The fourth-order valence-electron chi connectivity index (χ4n) is 2.50. The smallest absolute Gasteiger partial charge is 0.227 e. The molecule has 0 aliphatic carbocycles. The molecular formula is C20H25NO2. The summed E-state index contributed by atoms with van der Waals surface area (Å²) in [6.07, 6.45) is 3.36. The zero-order chi connectivity index (χ0) is 16.5. The molecule has 0 saturated carbocycles. The van der Waals surface area contributed by atoms with Crippen LogP contribution >= 0.6 is 0 Å². The van der Waals surface area contributed by atoms with Gasteiger partial charge in [-0.05, 0) is 42.7 Å². The van der Waals surface area contributed by atoms with Crippen LogP contribution in [-0.2, 0) is 11.2 Å². The standard InChI is InChI=1S/C20H25NO2/c1-3-4-16-21(18-8-6-5-7-9-18)20(22)15-12-17-10-13-19(23-2)14-11-17/h5-11,13-14H,3-4,12,15-16H2,1-2H3. The largest absolute Gasteiger partial charge is 0.497 e. The van der Waals surface area contributed by atoms with Crippen molar-refractivity contribution in [1.82, 2.24) is 0 Å². The van der Waals surface area contributed by atoms with E-state index in [0.717, 1.165) is 42.8 Å². The van der Waals surface area contributed by atoms with Crippen LogP contribution in [0.15, 0.2) is 54.6 Å². The van der Waals surface area contributed by atoms with Gasteiger partial charge in [0.1, 0.15) is 5.75 Å². The number of benzene rings is 2. The lowest BCUT2D eigenvalue weighted by Gasteiger charge is -2.23. The van der Waals surface area contributed by atoms with Crippen molar-refractivity contribution in [1.29, 1.82) is 0 Å². The van der Waals surface area contributed by atoms with E-state index >= 15 is 0 Å². The molecule has 3 heteroatoms. The van der Waals surface area contributed by atoms with Crippen molar-refractivity contribution in [2.45, 2.75) is 32.6 Å². The van der Waals surface area contributed by atoms with E-state index in [0.29, 0.717) is 6.42 Å². The number of ether oxygens (including phenoxy) is 1. The summed E-state index contributed by atoms with van der Waals surface area (Å²) in [4.78, 5) is 14.6. The highest BCUT2D eigenvalue weighted by Gasteiger charge is 2.14. The molecule has 2 aromatic carbocycles. The molecule has 0 radical (unpaired) electrons. The first kappa shape index (κ1) is 17.1. The van der Waals surface area contributed by atoms with Gasteiger partial charge >= 0.3 is 0 Å². The maximum atomic E-state index is 12.6. The lowest BCUT2D eigenvalue weighted by Crippen LogP contribution is -2.32. The number of nitrogens with zero attached hydrogens (tertiary/aromatic N) is 1. The van der Waals surface area contributed by atoms with Crippen LogP contribution in [-0.4, -0.2) is 19.6 Å². The number of unbranched alkanes of at least 4 members (excludes halogenated alkanes) is 1. The van der Waals surface area contributed by atoms with Gasteiger partial charge in [-0.15, -0.1) is 0 Å². The Morgan fingerprint density at radius 2 is 1.74 bits per heavy atom. The van der Waals surface area contributed by atoms with Gasteiger partial charge in [0.2, 0.25) is 5.91 Å². The predicted octanol–water partition coefficient (Wildman–Crippen LogP) is 4.46. The zero-order valence-electron chi connectivity index (χ0n) is 14.0. The number of carbonyl (C=O) groups is 1. The van der Waals surface area contributed by atoms with Gasteiger partial charge in [-0.1, -0.05) is 43.7 Å². The number of hydrogen-bond acceptors (Lipinski definition) is 2. The maximum absolute atomic E-state index is 12.6. The van der Waals surface area contributed by atoms with E-state index in [9.17, 15) is 4.79 Å². The first-order chi connectivity index (χ1) is 11.2. The van der Waals surface area contributed by atoms with Crippen LogP contribution in [0, 0.1) is 0 Å². The lowest BCUT2D eigenvalue weighted by atomic mass is 10.1. The van der Waals surface area contributed by atoms with Gasteiger partial charge in [0.05, 0.1) is 7.11 Å². The highest BCUT2D eigenvalue weighted by molar-refractivity contribution is 5.93. The van der Waals surface area contributed by atoms with E-state index in [-0.39, 0.29) is 5.91 Å². The summed E-state index contributed by atoms with van der Waals surface area (Å²) >= 11 is 0. The molecule has 0 aliphatic rings. The molecular weight excluding hydrogens is 286 g/mol. The van der Waals surface area contributed by atoms with Gasteiger partial charge in [-0.25, -0.2) is 0 Å². The molecule has 0 fully saturated rings. The second kappa shape index (κ2) is 8.99. The fourth-order valence-corrected chi connectivity index (χ4v) is 2.50. The van der Waals surface area contributed by atoms with Crippen LogP contribution in [0.5, 0.6) is 5.75 Å².